The van der Waals surface area contributed by atoms with Crippen LogP contribution in [-0.2, 0) is 0 Å². The molecule has 0 amide bonds. The van der Waals surface area contributed by atoms with Gasteiger partial charge >= 0.3 is 0 Å². The second-order valence-corrected chi connectivity index (χ2v) is 5.60. The fourth-order valence-electron chi connectivity index (χ4n) is 2.62. The lowest BCUT2D eigenvalue weighted by Crippen LogP contribution is -2.26. The molecule has 2 N–H and O–H groups in total. The highest BCUT2D eigenvalue weighted by Gasteiger charge is 2.20. The smallest absolute Gasteiger partial charge is 0.224 e. The molecule has 4 nitrogen and oxygen atoms in total. The Balaban J connectivity index is 1.96. The van der Waals surface area contributed by atoms with Gasteiger partial charge in [-0.25, -0.2) is 4.98 Å². The van der Waals surface area contributed by atoms with Gasteiger partial charge in [0.1, 0.15) is 5.02 Å². The number of rotatable bonds is 5. The molecule has 5 heteroatoms. The summed E-state index contributed by atoms with van der Waals surface area (Å²) in [7, 11) is 0. The van der Waals surface area contributed by atoms with Crippen LogP contribution in [0.2, 0.25) is 5.02 Å². The van der Waals surface area contributed by atoms with Crippen LogP contribution in [-0.4, -0.2) is 22.6 Å². The van der Waals surface area contributed by atoms with Crippen LogP contribution in [0.25, 0.3) is 0 Å². The number of nitrogens with zero attached hydrogens (tertiary/aromatic N) is 2. The normalized spacial score (nSPS) is 23.1. The molecule has 1 aliphatic rings. The maximum Gasteiger partial charge on any atom is 0.224 e. The number of aromatic nitrogens is 2. The summed E-state index contributed by atoms with van der Waals surface area (Å²) in [6.07, 6.45) is 7.97. The number of hydrogen-bond donors (Lipinski definition) is 2. The molecular weight excluding hydrogens is 260 g/mol. The summed E-state index contributed by atoms with van der Waals surface area (Å²) in [5.41, 5.74) is 0. The Labute approximate surface area is 120 Å². The van der Waals surface area contributed by atoms with Gasteiger partial charge in [0.05, 0.1) is 6.20 Å². The Hall–Kier alpha value is -1.03. The standard InChI is InChI=1S/C14H23ClN4/c1-3-10-5-7-11(8-6-10)18-13-12(15)9-17-14(19-13)16-4-2/h9-11H,3-8H2,1-2H3,(H2,16,17,18,19). The predicted octanol–water partition coefficient (Wildman–Crippen LogP) is 3.94. The Morgan fingerprint density at radius 1 is 1.26 bits per heavy atom. The summed E-state index contributed by atoms with van der Waals surface area (Å²) in [5, 5.41) is 7.17. The molecule has 0 aliphatic heterocycles. The molecule has 19 heavy (non-hydrogen) atoms. The fourth-order valence-corrected chi connectivity index (χ4v) is 2.77. The minimum atomic E-state index is 0.490. The Kier molecular flexibility index (Phi) is 5.25. The van der Waals surface area contributed by atoms with Crippen LogP contribution < -0.4 is 10.6 Å². The van der Waals surface area contributed by atoms with E-state index >= 15 is 0 Å². The molecule has 0 aromatic carbocycles. The molecule has 1 aromatic heterocycles. The van der Waals surface area contributed by atoms with Gasteiger partial charge in [0.25, 0.3) is 0 Å². The number of nitrogens with one attached hydrogen (secondary N) is 2. The summed E-state index contributed by atoms with van der Waals surface area (Å²) >= 11 is 6.16. The molecule has 1 aliphatic carbocycles. The first kappa shape index (κ1) is 14.4. The summed E-state index contributed by atoms with van der Waals surface area (Å²) in [5.74, 6) is 2.29. The van der Waals surface area contributed by atoms with E-state index < -0.39 is 0 Å². The van der Waals surface area contributed by atoms with Gasteiger partial charge in [-0.15, -0.1) is 0 Å². The topological polar surface area (TPSA) is 49.8 Å². The summed E-state index contributed by atoms with van der Waals surface area (Å²) in [4.78, 5) is 8.58. The van der Waals surface area contributed by atoms with E-state index in [1.807, 2.05) is 6.92 Å². The van der Waals surface area contributed by atoms with Crippen molar-refractivity contribution in [1.82, 2.24) is 9.97 Å². The van der Waals surface area contributed by atoms with Gasteiger partial charge < -0.3 is 10.6 Å². The van der Waals surface area contributed by atoms with Gasteiger partial charge in [0.15, 0.2) is 5.82 Å². The minimum absolute atomic E-state index is 0.490. The Bertz CT molecular complexity index is 402. The summed E-state index contributed by atoms with van der Waals surface area (Å²) < 4.78 is 0. The average Bonchev–Trinajstić information content (AvgIpc) is 2.44. The van der Waals surface area contributed by atoms with Crippen molar-refractivity contribution in [2.24, 2.45) is 5.92 Å². The van der Waals surface area contributed by atoms with Crippen molar-refractivity contribution in [1.29, 1.82) is 0 Å². The minimum Gasteiger partial charge on any atom is -0.366 e. The SMILES string of the molecule is CCNc1ncc(Cl)c(NC2CCC(CC)CC2)n1. The zero-order valence-corrected chi connectivity index (χ0v) is 12.5. The van der Waals surface area contributed by atoms with E-state index in [-0.39, 0.29) is 0 Å². The van der Waals surface area contributed by atoms with Crippen LogP contribution in [0.15, 0.2) is 6.20 Å². The molecule has 0 bridgehead atoms. The lowest BCUT2D eigenvalue weighted by Gasteiger charge is -2.29. The number of hydrogen-bond acceptors (Lipinski definition) is 4. The first-order valence-electron chi connectivity index (χ1n) is 7.25. The number of halogens is 1. The van der Waals surface area contributed by atoms with Crippen molar-refractivity contribution in [3.8, 4) is 0 Å². The largest absolute Gasteiger partial charge is 0.366 e. The Morgan fingerprint density at radius 3 is 2.63 bits per heavy atom. The summed E-state index contributed by atoms with van der Waals surface area (Å²) in [6.45, 7) is 5.11. The highest BCUT2D eigenvalue weighted by atomic mass is 35.5. The van der Waals surface area contributed by atoms with Crippen molar-refractivity contribution in [2.45, 2.75) is 52.0 Å². The molecule has 1 fully saturated rings. The summed E-state index contributed by atoms with van der Waals surface area (Å²) in [6, 6.07) is 0.490. The van der Waals surface area contributed by atoms with Gasteiger partial charge in [-0.05, 0) is 38.5 Å². The van der Waals surface area contributed by atoms with Crippen molar-refractivity contribution in [3.05, 3.63) is 11.2 Å². The molecule has 0 saturated heterocycles. The predicted molar refractivity (Wildman–Crippen MR) is 80.9 cm³/mol. The molecule has 1 aromatic rings. The lowest BCUT2D eigenvalue weighted by atomic mass is 9.84. The lowest BCUT2D eigenvalue weighted by molar-refractivity contribution is 0.330. The first-order chi connectivity index (χ1) is 9.22. The fraction of sp³-hybridized carbons (Fsp3) is 0.714. The van der Waals surface area contributed by atoms with Crippen LogP contribution in [0, 0.1) is 5.92 Å². The molecule has 1 saturated carbocycles. The van der Waals surface area contributed by atoms with E-state index in [1.54, 1.807) is 6.20 Å². The van der Waals surface area contributed by atoms with Crippen molar-refractivity contribution in [3.63, 3.8) is 0 Å². The van der Waals surface area contributed by atoms with E-state index in [9.17, 15) is 0 Å². The van der Waals surface area contributed by atoms with Gasteiger partial charge in [-0.3, -0.25) is 0 Å². The van der Waals surface area contributed by atoms with Gasteiger partial charge in [-0.1, -0.05) is 24.9 Å². The molecule has 0 unspecified atom stereocenters. The molecule has 1 heterocycles. The highest BCUT2D eigenvalue weighted by molar-refractivity contribution is 6.32. The second-order valence-electron chi connectivity index (χ2n) is 5.19. The van der Waals surface area contributed by atoms with Crippen molar-refractivity contribution in [2.75, 3.05) is 17.2 Å². The monoisotopic (exact) mass is 282 g/mol. The van der Waals surface area contributed by atoms with E-state index in [0.29, 0.717) is 17.0 Å². The molecule has 0 spiro atoms. The van der Waals surface area contributed by atoms with Crippen LogP contribution in [0.3, 0.4) is 0 Å². The van der Waals surface area contributed by atoms with Gasteiger partial charge in [-0.2, -0.15) is 4.98 Å². The van der Waals surface area contributed by atoms with Gasteiger partial charge in [0, 0.05) is 12.6 Å². The molecule has 0 radical (unpaired) electrons. The molecule has 2 rings (SSSR count). The third-order valence-corrected chi connectivity index (χ3v) is 4.12. The maximum atomic E-state index is 6.16. The number of anilines is 2. The average molecular weight is 283 g/mol. The third kappa shape index (κ3) is 3.96. The molecule has 0 atom stereocenters. The van der Waals surface area contributed by atoms with Gasteiger partial charge in [0.2, 0.25) is 5.95 Å². The zero-order valence-electron chi connectivity index (χ0n) is 11.7. The van der Waals surface area contributed by atoms with E-state index in [2.05, 4.69) is 27.5 Å². The van der Waals surface area contributed by atoms with Crippen molar-refractivity contribution >= 4 is 23.4 Å². The molecular formula is C14H23ClN4. The third-order valence-electron chi connectivity index (χ3n) is 3.84. The first-order valence-corrected chi connectivity index (χ1v) is 7.63. The molecule has 106 valence electrons. The highest BCUT2D eigenvalue weighted by Crippen LogP contribution is 2.29. The maximum absolute atomic E-state index is 6.16. The van der Waals surface area contributed by atoms with Crippen LogP contribution >= 0.6 is 11.6 Å². The van der Waals surface area contributed by atoms with E-state index in [0.717, 1.165) is 18.3 Å². The van der Waals surface area contributed by atoms with E-state index in [4.69, 9.17) is 11.6 Å². The quantitative estimate of drug-likeness (QED) is 0.859. The van der Waals surface area contributed by atoms with E-state index in [1.165, 1.54) is 32.1 Å². The zero-order chi connectivity index (χ0) is 13.7. The van der Waals surface area contributed by atoms with Crippen molar-refractivity contribution < 1.29 is 0 Å². The van der Waals surface area contributed by atoms with Crippen LogP contribution in [0.4, 0.5) is 11.8 Å². The van der Waals surface area contributed by atoms with Crippen LogP contribution in [0.1, 0.15) is 46.0 Å². The van der Waals surface area contributed by atoms with Crippen LogP contribution in [0.5, 0.6) is 0 Å². The Morgan fingerprint density at radius 2 is 2.00 bits per heavy atom. The second kappa shape index (κ2) is 6.94.